The summed E-state index contributed by atoms with van der Waals surface area (Å²) in [4.78, 5) is 35.1. The number of carbonyl (C=O) groups excluding carboxylic acids is 3. The Bertz CT molecular complexity index is 651. The largest absolute Gasteiger partial charge is 0.368 e. The normalized spacial score (nSPS) is 12.8. The average molecular weight is 400 g/mol. The molecule has 1 aromatic rings. The molecule has 8 heteroatoms. The number of primary amides is 1. The first-order valence-electron chi connectivity index (χ1n) is 7.14. The minimum Gasteiger partial charge on any atom is -0.368 e. The number of nitrogens with one attached hydrogen (secondary N) is 2. The van der Waals surface area contributed by atoms with Gasteiger partial charge in [-0.15, -0.1) is 0 Å². The summed E-state index contributed by atoms with van der Waals surface area (Å²) in [6, 6.07) is 3.91. The molecule has 0 radical (unpaired) electrons. The van der Waals surface area contributed by atoms with Crippen LogP contribution in [0.15, 0.2) is 35.3 Å². The van der Waals surface area contributed by atoms with Gasteiger partial charge in [-0.2, -0.15) is 0 Å². The van der Waals surface area contributed by atoms with Gasteiger partial charge in [0.25, 0.3) is 0 Å². The smallest absolute Gasteiger partial charge is 0.243 e. The number of nitrogens with two attached hydrogens (primary N) is 1. The molecule has 0 aliphatic rings. The third kappa shape index (κ3) is 6.49. The van der Waals surface area contributed by atoms with E-state index in [1.165, 1.54) is 25.1 Å². The fraction of sp³-hybridized carbons (Fsp3) is 0.312. The van der Waals surface area contributed by atoms with Crippen LogP contribution in [0, 0.1) is 5.82 Å². The van der Waals surface area contributed by atoms with Crippen molar-refractivity contribution in [1.82, 2.24) is 10.6 Å². The van der Waals surface area contributed by atoms with Crippen molar-refractivity contribution in [2.45, 2.75) is 31.8 Å². The van der Waals surface area contributed by atoms with Gasteiger partial charge in [0.15, 0.2) is 0 Å². The van der Waals surface area contributed by atoms with E-state index in [2.05, 4.69) is 33.1 Å². The summed E-state index contributed by atoms with van der Waals surface area (Å²) in [5.41, 5.74) is 5.52. The second-order valence-corrected chi connectivity index (χ2v) is 6.36. The van der Waals surface area contributed by atoms with Gasteiger partial charge in [0.2, 0.25) is 17.7 Å². The second kappa shape index (κ2) is 9.17. The van der Waals surface area contributed by atoms with Gasteiger partial charge in [-0.3, -0.25) is 14.4 Å². The summed E-state index contributed by atoms with van der Waals surface area (Å²) in [7, 11) is 0. The quantitative estimate of drug-likeness (QED) is 0.610. The summed E-state index contributed by atoms with van der Waals surface area (Å²) in [5.74, 6) is -2.31. The summed E-state index contributed by atoms with van der Waals surface area (Å²) in [6.07, 6.45) is 0.0480. The molecule has 0 spiro atoms. The number of halogens is 2. The van der Waals surface area contributed by atoms with Gasteiger partial charge in [0.1, 0.15) is 17.9 Å². The van der Waals surface area contributed by atoms with Crippen LogP contribution >= 0.6 is 15.9 Å². The predicted octanol–water partition coefficient (Wildman–Crippen LogP) is 1.14. The van der Waals surface area contributed by atoms with E-state index in [0.29, 0.717) is 4.48 Å². The van der Waals surface area contributed by atoms with E-state index in [-0.39, 0.29) is 18.4 Å². The molecule has 0 saturated carbocycles. The van der Waals surface area contributed by atoms with Crippen LogP contribution in [0.4, 0.5) is 4.39 Å². The number of hydrogen-bond acceptors (Lipinski definition) is 3. The minimum absolute atomic E-state index is 0.0567. The van der Waals surface area contributed by atoms with Gasteiger partial charge >= 0.3 is 0 Å². The fourth-order valence-electron chi connectivity index (χ4n) is 2.06. The lowest BCUT2D eigenvalue weighted by Crippen LogP contribution is -2.53. The molecule has 0 aromatic heterocycles. The van der Waals surface area contributed by atoms with Gasteiger partial charge in [0, 0.05) is 19.8 Å². The minimum atomic E-state index is -1.04. The zero-order valence-corrected chi connectivity index (χ0v) is 14.7. The van der Waals surface area contributed by atoms with Crippen molar-refractivity contribution < 1.29 is 18.8 Å². The lowest BCUT2D eigenvalue weighted by molar-refractivity contribution is -0.130. The Balaban J connectivity index is 2.92. The summed E-state index contributed by atoms with van der Waals surface area (Å²) in [5, 5.41) is 4.90. The average Bonchev–Trinajstić information content (AvgIpc) is 2.47. The molecule has 6 nitrogen and oxygen atoms in total. The predicted molar refractivity (Wildman–Crippen MR) is 91.5 cm³/mol. The van der Waals surface area contributed by atoms with Crippen LogP contribution in [0.2, 0.25) is 0 Å². The molecule has 0 bridgehead atoms. The number of carbonyl (C=O) groups is 3. The number of benzene rings is 1. The third-order valence-electron chi connectivity index (χ3n) is 3.16. The van der Waals surface area contributed by atoms with Crippen molar-refractivity contribution in [3.63, 3.8) is 0 Å². The fourth-order valence-corrected chi connectivity index (χ4v) is 2.38. The van der Waals surface area contributed by atoms with Crippen LogP contribution in [0.25, 0.3) is 0 Å². The molecular weight excluding hydrogens is 381 g/mol. The molecular formula is C16H19BrFN3O3. The molecule has 1 rings (SSSR count). The number of hydrogen-bond donors (Lipinski definition) is 3. The van der Waals surface area contributed by atoms with Crippen LogP contribution in [0.3, 0.4) is 0 Å². The van der Waals surface area contributed by atoms with E-state index in [9.17, 15) is 18.8 Å². The van der Waals surface area contributed by atoms with Gasteiger partial charge in [-0.25, -0.2) is 4.39 Å². The van der Waals surface area contributed by atoms with Gasteiger partial charge in [0.05, 0.1) is 0 Å². The molecule has 0 unspecified atom stereocenters. The molecule has 0 aliphatic heterocycles. The molecule has 0 aliphatic carbocycles. The van der Waals surface area contributed by atoms with E-state index < -0.39 is 35.6 Å². The maximum atomic E-state index is 13.8. The first-order valence-corrected chi connectivity index (χ1v) is 7.93. The topological polar surface area (TPSA) is 101 Å². The zero-order chi connectivity index (χ0) is 18.3. The Morgan fingerprint density at radius 2 is 1.88 bits per heavy atom. The van der Waals surface area contributed by atoms with E-state index in [0.717, 1.165) is 0 Å². The van der Waals surface area contributed by atoms with E-state index >= 15 is 0 Å². The standard InChI is InChI=1S/C16H19BrFN3O3/c1-9(17)7-13(15(19)23)21-16(24)14(20-10(2)22)8-11-5-3-4-6-12(11)18/h3-6,13-14H,1,7-8H2,2H3,(H2,19,23)(H,20,22)(H,21,24)/t13-,14-/m0/s1. The van der Waals surface area contributed by atoms with Crippen molar-refractivity contribution in [3.8, 4) is 0 Å². The van der Waals surface area contributed by atoms with Crippen LogP contribution in [0.5, 0.6) is 0 Å². The van der Waals surface area contributed by atoms with E-state index in [4.69, 9.17) is 5.73 Å². The van der Waals surface area contributed by atoms with Gasteiger partial charge < -0.3 is 16.4 Å². The van der Waals surface area contributed by atoms with Crippen molar-refractivity contribution in [3.05, 3.63) is 46.7 Å². The molecule has 2 atom stereocenters. The van der Waals surface area contributed by atoms with E-state index in [1.54, 1.807) is 6.07 Å². The summed E-state index contributed by atoms with van der Waals surface area (Å²) < 4.78 is 14.3. The highest BCUT2D eigenvalue weighted by Crippen LogP contribution is 2.12. The maximum absolute atomic E-state index is 13.8. The Labute approximate surface area is 147 Å². The molecule has 3 amide bonds. The molecule has 0 saturated heterocycles. The second-order valence-electron chi connectivity index (χ2n) is 5.23. The number of rotatable bonds is 8. The molecule has 0 heterocycles. The Morgan fingerprint density at radius 3 is 2.38 bits per heavy atom. The Kier molecular flexibility index (Phi) is 7.57. The summed E-state index contributed by atoms with van der Waals surface area (Å²) in [6.45, 7) is 4.84. The Hall–Kier alpha value is -2.22. The Morgan fingerprint density at radius 1 is 1.25 bits per heavy atom. The molecule has 130 valence electrons. The SMILES string of the molecule is C=C(Br)C[C@H](NC(=O)[C@H](Cc1ccccc1F)NC(C)=O)C(N)=O. The van der Waals surface area contributed by atoms with Crippen LogP contribution in [0.1, 0.15) is 18.9 Å². The molecule has 1 aromatic carbocycles. The van der Waals surface area contributed by atoms with Gasteiger partial charge in [-0.1, -0.05) is 40.7 Å². The van der Waals surface area contributed by atoms with Crippen LogP contribution < -0.4 is 16.4 Å². The van der Waals surface area contributed by atoms with Crippen molar-refractivity contribution >= 4 is 33.7 Å². The number of amides is 3. The summed E-state index contributed by atoms with van der Waals surface area (Å²) >= 11 is 3.10. The molecule has 0 fully saturated rings. The van der Waals surface area contributed by atoms with Crippen molar-refractivity contribution in [2.24, 2.45) is 5.73 Å². The highest BCUT2D eigenvalue weighted by molar-refractivity contribution is 9.11. The lowest BCUT2D eigenvalue weighted by Gasteiger charge is -2.21. The zero-order valence-electron chi connectivity index (χ0n) is 13.1. The van der Waals surface area contributed by atoms with Crippen molar-refractivity contribution in [2.75, 3.05) is 0 Å². The highest BCUT2D eigenvalue weighted by Gasteiger charge is 2.26. The van der Waals surface area contributed by atoms with Crippen molar-refractivity contribution in [1.29, 1.82) is 0 Å². The van der Waals surface area contributed by atoms with E-state index in [1.807, 2.05) is 0 Å². The lowest BCUT2D eigenvalue weighted by atomic mass is 10.0. The highest BCUT2D eigenvalue weighted by atomic mass is 79.9. The molecule has 4 N–H and O–H groups in total. The third-order valence-corrected chi connectivity index (χ3v) is 3.49. The van der Waals surface area contributed by atoms with Gasteiger partial charge in [-0.05, 0) is 16.1 Å². The monoisotopic (exact) mass is 399 g/mol. The first-order chi connectivity index (χ1) is 11.2. The first kappa shape index (κ1) is 19.8. The van der Waals surface area contributed by atoms with Crippen LogP contribution in [-0.4, -0.2) is 29.8 Å². The maximum Gasteiger partial charge on any atom is 0.243 e. The van der Waals surface area contributed by atoms with Crippen LogP contribution in [-0.2, 0) is 20.8 Å². The molecule has 24 heavy (non-hydrogen) atoms.